The number of benzene rings is 3. The molecule has 0 saturated heterocycles. The molecule has 0 unspecified atom stereocenters. The van der Waals surface area contributed by atoms with E-state index < -0.39 is 0 Å². The SMILES string of the molecule is CN(C)c1ccccc1[C](c1ccccc1N(C)C)c1ccccc1N(C)C. The van der Waals surface area contributed by atoms with Gasteiger partial charge in [0.2, 0.25) is 0 Å². The van der Waals surface area contributed by atoms with Crippen LogP contribution in [0.1, 0.15) is 16.7 Å². The van der Waals surface area contributed by atoms with Crippen molar-refractivity contribution >= 4 is 17.1 Å². The zero-order valence-electron chi connectivity index (χ0n) is 17.8. The maximum absolute atomic E-state index is 2.23. The van der Waals surface area contributed by atoms with Gasteiger partial charge < -0.3 is 14.7 Å². The van der Waals surface area contributed by atoms with Crippen molar-refractivity contribution in [2.75, 3.05) is 57.0 Å². The molecule has 0 aromatic heterocycles. The quantitative estimate of drug-likeness (QED) is 0.570. The summed E-state index contributed by atoms with van der Waals surface area (Å²) < 4.78 is 0. The average Bonchev–Trinajstić information content (AvgIpc) is 2.69. The first-order valence-electron chi connectivity index (χ1n) is 9.59. The van der Waals surface area contributed by atoms with E-state index in [9.17, 15) is 0 Å². The van der Waals surface area contributed by atoms with Gasteiger partial charge in [0.15, 0.2) is 0 Å². The van der Waals surface area contributed by atoms with Crippen LogP contribution in [0.4, 0.5) is 17.1 Å². The van der Waals surface area contributed by atoms with E-state index in [2.05, 4.69) is 130 Å². The lowest BCUT2D eigenvalue weighted by Gasteiger charge is -2.30. The fourth-order valence-corrected chi connectivity index (χ4v) is 3.66. The molecule has 3 nitrogen and oxygen atoms in total. The van der Waals surface area contributed by atoms with Crippen LogP contribution in [0, 0.1) is 5.92 Å². The topological polar surface area (TPSA) is 9.72 Å². The lowest BCUT2D eigenvalue weighted by atomic mass is 9.82. The predicted octanol–water partition coefficient (Wildman–Crippen LogP) is 4.90. The summed E-state index contributed by atoms with van der Waals surface area (Å²) in [6.07, 6.45) is 0. The highest BCUT2D eigenvalue weighted by Crippen LogP contribution is 2.42. The molecule has 0 aliphatic heterocycles. The maximum atomic E-state index is 2.23. The molecule has 28 heavy (non-hydrogen) atoms. The zero-order valence-corrected chi connectivity index (χ0v) is 17.8. The molecule has 0 aliphatic rings. The van der Waals surface area contributed by atoms with Crippen molar-refractivity contribution < 1.29 is 0 Å². The molecule has 3 heteroatoms. The molecule has 145 valence electrons. The largest absolute Gasteiger partial charge is 0.377 e. The monoisotopic (exact) mass is 372 g/mol. The first kappa shape index (κ1) is 19.8. The summed E-state index contributed by atoms with van der Waals surface area (Å²) in [5.41, 5.74) is 7.32. The van der Waals surface area contributed by atoms with Gasteiger partial charge in [0.1, 0.15) is 0 Å². The highest BCUT2D eigenvalue weighted by molar-refractivity contribution is 5.77. The first-order valence-corrected chi connectivity index (χ1v) is 9.59. The molecule has 0 fully saturated rings. The zero-order chi connectivity index (χ0) is 20.3. The van der Waals surface area contributed by atoms with Gasteiger partial charge in [-0.1, -0.05) is 54.6 Å². The van der Waals surface area contributed by atoms with Crippen LogP contribution in [0.25, 0.3) is 0 Å². The number of hydrogen-bond donors (Lipinski definition) is 0. The Hall–Kier alpha value is -2.94. The molecular formula is C25H30N3. The van der Waals surface area contributed by atoms with Crippen LogP contribution in [-0.4, -0.2) is 42.3 Å². The van der Waals surface area contributed by atoms with Gasteiger partial charge in [-0.05, 0) is 34.9 Å². The molecule has 3 aromatic rings. The van der Waals surface area contributed by atoms with E-state index >= 15 is 0 Å². The van der Waals surface area contributed by atoms with Crippen molar-refractivity contribution in [1.82, 2.24) is 0 Å². The first-order chi connectivity index (χ1) is 13.4. The molecule has 0 N–H and O–H groups in total. The standard InChI is InChI=1S/C25H30N3/c1-26(2)22-16-10-7-13-19(22)25(20-14-8-11-17-23(20)27(3)4)21-15-9-12-18-24(21)28(5)6/h7-18H,1-6H3. The molecule has 0 aliphatic carbocycles. The molecule has 0 heterocycles. The number of anilines is 3. The van der Waals surface area contributed by atoms with Crippen LogP contribution in [-0.2, 0) is 0 Å². The molecule has 3 rings (SSSR count). The van der Waals surface area contributed by atoms with Crippen molar-refractivity contribution in [3.05, 3.63) is 95.4 Å². The fraction of sp³-hybridized carbons (Fsp3) is 0.240. The van der Waals surface area contributed by atoms with Gasteiger partial charge in [-0.3, -0.25) is 0 Å². The van der Waals surface area contributed by atoms with Gasteiger partial charge in [-0.15, -0.1) is 0 Å². The molecular weight excluding hydrogens is 342 g/mol. The number of nitrogens with zero attached hydrogens (tertiary/aromatic N) is 3. The Kier molecular flexibility index (Phi) is 5.93. The van der Waals surface area contributed by atoms with E-state index in [1.165, 1.54) is 39.7 Å². The summed E-state index contributed by atoms with van der Waals surface area (Å²) in [5.74, 6) is 1.25. The Morgan fingerprint density at radius 2 is 0.679 bits per heavy atom. The fourth-order valence-electron chi connectivity index (χ4n) is 3.66. The lowest BCUT2D eigenvalue weighted by Crippen LogP contribution is -2.20. The van der Waals surface area contributed by atoms with Crippen LogP contribution in [0.2, 0.25) is 0 Å². The molecule has 0 bridgehead atoms. The van der Waals surface area contributed by atoms with Crippen molar-refractivity contribution in [2.45, 2.75) is 0 Å². The third-order valence-corrected chi connectivity index (χ3v) is 4.97. The van der Waals surface area contributed by atoms with E-state index in [-0.39, 0.29) is 0 Å². The van der Waals surface area contributed by atoms with E-state index in [1.54, 1.807) is 0 Å². The highest BCUT2D eigenvalue weighted by atomic mass is 15.1. The van der Waals surface area contributed by atoms with Gasteiger partial charge in [-0.25, -0.2) is 0 Å². The summed E-state index contributed by atoms with van der Waals surface area (Å²) in [6, 6.07) is 25.9. The lowest BCUT2D eigenvalue weighted by molar-refractivity contribution is 1.06. The third kappa shape index (κ3) is 3.84. The van der Waals surface area contributed by atoms with E-state index in [4.69, 9.17) is 0 Å². The number of para-hydroxylation sites is 3. The van der Waals surface area contributed by atoms with Gasteiger partial charge in [0.05, 0.1) is 5.92 Å². The molecule has 3 aromatic carbocycles. The smallest absolute Gasteiger partial charge is 0.0692 e. The molecule has 1 radical (unpaired) electrons. The van der Waals surface area contributed by atoms with Crippen LogP contribution >= 0.6 is 0 Å². The minimum Gasteiger partial charge on any atom is -0.377 e. The summed E-state index contributed by atoms with van der Waals surface area (Å²) in [5, 5.41) is 0. The predicted molar refractivity (Wildman–Crippen MR) is 123 cm³/mol. The average molecular weight is 373 g/mol. The van der Waals surface area contributed by atoms with E-state index in [0.29, 0.717) is 0 Å². The van der Waals surface area contributed by atoms with Crippen LogP contribution in [0.3, 0.4) is 0 Å². The summed E-state index contributed by atoms with van der Waals surface area (Å²) >= 11 is 0. The Bertz CT molecular complexity index is 806. The summed E-state index contributed by atoms with van der Waals surface area (Å²) in [4.78, 5) is 6.56. The third-order valence-electron chi connectivity index (χ3n) is 4.97. The second kappa shape index (κ2) is 8.39. The van der Waals surface area contributed by atoms with Gasteiger partial charge >= 0.3 is 0 Å². The van der Waals surface area contributed by atoms with E-state index in [0.717, 1.165) is 0 Å². The summed E-state index contributed by atoms with van der Waals surface area (Å²) in [6.45, 7) is 0. The second-order valence-electron chi connectivity index (χ2n) is 7.61. The van der Waals surface area contributed by atoms with Gasteiger partial charge in [0, 0.05) is 59.3 Å². The van der Waals surface area contributed by atoms with Crippen LogP contribution in [0.5, 0.6) is 0 Å². The molecule has 0 amide bonds. The van der Waals surface area contributed by atoms with Gasteiger partial charge in [0.25, 0.3) is 0 Å². The minimum atomic E-state index is 1.21. The Morgan fingerprint density at radius 1 is 0.429 bits per heavy atom. The van der Waals surface area contributed by atoms with Crippen molar-refractivity contribution in [3.63, 3.8) is 0 Å². The van der Waals surface area contributed by atoms with Crippen molar-refractivity contribution in [1.29, 1.82) is 0 Å². The molecule has 0 saturated carbocycles. The van der Waals surface area contributed by atoms with Crippen LogP contribution < -0.4 is 14.7 Å². The number of hydrogen-bond acceptors (Lipinski definition) is 3. The minimum absolute atomic E-state index is 1.21. The summed E-state index contributed by atoms with van der Waals surface area (Å²) in [7, 11) is 12.6. The number of rotatable bonds is 6. The molecule has 0 atom stereocenters. The Balaban J connectivity index is 2.35. The highest BCUT2D eigenvalue weighted by Gasteiger charge is 2.26. The van der Waals surface area contributed by atoms with Crippen molar-refractivity contribution in [3.8, 4) is 0 Å². The van der Waals surface area contributed by atoms with Crippen LogP contribution in [0.15, 0.2) is 72.8 Å². The second-order valence-corrected chi connectivity index (χ2v) is 7.61. The van der Waals surface area contributed by atoms with Crippen molar-refractivity contribution in [2.24, 2.45) is 0 Å². The Labute approximate surface area is 169 Å². The molecule has 0 spiro atoms. The Morgan fingerprint density at radius 3 is 0.929 bits per heavy atom. The van der Waals surface area contributed by atoms with Gasteiger partial charge in [-0.2, -0.15) is 0 Å². The van der Waals surface area contributed by atoms with E-state index in [1.807, 2.05) is 0 Å². The maximum Gasteiger partial charge on any atom is 0.0692 e. The normalized spacial score (nSPS) is 10.8.